The molecule has 0 aliphatic rings. The van der Waals surface area contributed by atoms with E-state index in [1.807, 2.05) is 0 Å². The Labute approximate surface area is 84.8 Å². The number of ether oxygens (including phenoxy) is 1. The van der Waals surface area contributed by atoms with E-state index in [4.69, 9.17) is 16.3 Å². The van der Waals surface area contributed by atoms with Gasteiger partial charge in [-0.3, -0.25) is 20.2 Å². The Balaban J connectivity index is 3.26. The summed E-state index contributed by atoms with van der Waals surface area (Å²) in [6, 6.07) is 0. The van der Waals surface area contributed by atoms with Crippen LogP contribution in [0.15, 0.2) is 9.59 Å². The quantitative estimate of drug-likeness (QED) is 0.341. The number of hydrogen-bond acceptors (Lipinski definition) is 6. The highest BCUT2D eigenvalue weighted by Gasteiger charge is 2.10. The van der Waals surface area contributed by atoms with Crippen LogP contribution in [0.2, 0.25) is 0 Å². The minimum atomic E-state index is -0.645. The first-order valence-electron chi connectivity index (χ1n) is 4.20. The summed E-state index contributed by atoms with van der Waals surface area (Å²) < 4.78 is 5.97. The van der Waals surface area contributed by atoms with Crippen LogP contribution < -0.4 is 28.3 Å². The van der Waals surface area contributed by atoms with Crippen molar-refractivity contribution in [2.24, 2.45) is 5.84 Å². The van der Waals surface area contributed by atoms with Gasteiger partial charge in [-0.2, -0.15) is 0 Å². The molecule has 15 heavy (non-hydrogen) atoms. The van der Waals surface area contributed by atoms with Crippen molar-refractivity contribution in [3.8, 4) is 0 Å². The first-order valence-corrected chi connectivity index (χ1v) is 4.20. The van der Waals surface area contributed by atoms with Crippen LogP contribution >= 0.6 is 0 Å². The Morgan fingerprint density at radius 2 is 2.20 bits per heavy atom. The maximum absolute atomic E-state index is 11.3. The highest BCUT2D eigenvalue weighted by Crippen LogP contribution is 2.07. The van der Waals surface area contributed by atoms with Gasteiger partial charge in [0.2, 0.25) is 0 Å². The predicted molar refractivity (Wildman–Crippen MR) is 55.4 cm³/mol. The topological polar surface area (TPSA) is 128 Å². The molecular weight excluding hydrogens is 202 g/mol. The zero-order valence-corrected chi connectivity index (χ0v) is 8.24. The third-order valence-electron chi connectivity index (χ3n) is 1.90. The van der Waals surface area contributed by atoms with Gasteiger partial charge in [0.05, 0.1) is 13.2 Å². The maximum atomic E-state index is 11.3. The van der Waals surface area contributed by atoms with E-state index in [1.165, 1.54) is 11.7 Å². The number of methoxy groups -OCH3 is 1. The smallest absolute Gasteiger partial charge is 0.330 e. The van der Waals surface area contributed by atoms with Gasteiger partial charge in [0, 0.05) is 7.11 Å². The Hall–Kier alpha value is -1.80. The number of nitrogens with zero attached hydrogens (tertiary/aromatic N) is 1. The van der Waals surface area contributed by atoms with E-state index in [0.29, 0.717) is 6.61 Å². The van der Waals surface area contributed by atoms with Gasteiger partial charge >= 0.3 is 5.69 Å². The molecular formula is C7H13N5O3. The number of aromatic amines is 1. The lowest BCUT2D eigenvalue weighted by molar-refractivity contribution is 0.186. The van der Waals surface area contributed by atoms with Crippen LogP contribution in [0, 0.1) is 0 Å². The van der Waals surface area contributed by atoms with Crippen LogP contribution in [0.1, 0.15) is 0 Å². The fraction of sp³-hybridized carbons (Fsp3) is 0.429. The zero-order chi connectivity index (χ0) is 11.4. The van der Waals surface area contributed by atoms with E-state index in [-0.39, 0.29) is 18.1 Å². The van der Waals surface area contributed by atoms with E-state index < -0.39 is 11.2 Å². The van der Waals surface area contributed by atoms with Crippen LogP contribution in [0.5, 0.6) is 0 Å². The van der Waals surface area contributed by atoms with Crippen LogP contribution in [-0.4, -0.2) is 23.3 Å². The largest absolute Gasteiger partial charge is 0.383 e. The molecule has 0 saturated heterocycles. The fourth-order valence-electron chi connectivity index (χ4n) is 1.13. The van der Waals surface area contributed by atoms with Crippen LogP contribution in [0.3, 0.4) is 0 Å². The van der Waals surface area contributed by atoms with Gasteiger partial charge in [0.25, 0.3) is 5.56 Å². The van der Waals surface area contributed by atoms with Crippen molar-refractivity contribution >= 4 is 11.5 Å². The second kappa shape index (κ2) is 4.62. The molecule has 0 fully saturated rings. The fourth-order valence-corrected chi connectivity index (χ4v) is 1.13. The Morgan fingerprint density at radius 1 is 1.53 bits per heavy atom. The van der Waals surface area contributed by atoms with Gasteiger partial charge in [-0.25, -0.2) is 4.79 Å². The Bertz CT molecular complexity index is 449. The minimum absolute atomic E-state index is 0.0108. The van der Waals surface area contributed by atoms with Crippen molar-refractivity contribution in [2.45, 2.75) is 6.54 Å². The monoisotopic (exact) mass is 215 g/mol. The van der Waals surface area contributed by atoms with Gasteiger partial charge in [-0.15, -0.1) is 0 Å². The number of hydrazine groups is 1. The van der Waals surface area contributed by atoms with E-state index in [0.717, 1.165) is 0 Å². The standard InChI is InChI=1S/C7H13N5O3/c1-15-3-2-12-5(8)4(11-9)6(13)10-7(12)14/h11H,2-3,8-9H2,1H3,(H,10,13,14). The SMILES string of the molecule is COCCn1c(N)c(NN)c(=O)[nH]c1=O. The first kappa shape index (κ1) is 11.3. The normalized spacial score (nSPS) is 10.3. The van der Waals surface area contributed by atoms with Gasteiger partial charge in [0.15, 0.2) is 5.69 Å². The second-order valence-corrected chi connectivity index (χ2v) is 2.81. The maximum Gasteiger partial charge on any atom is 0.330 e. The number of aromatic nitrogens is 2. The van der Waals surface area contributed by atoms with Crippen LogP contribution in [0.4, 0.5) is 11.5 Å². The van der Waals surface area contributed by atoms with Crippen LogP contribution in [-0.2, 0) is 11.3 Å². The number of nitrogens with one attached hydrogen (secondary N) is 2. The molecule has 0 unspecified atom stereocenters. The average molecular weight is 215 g/mol. The summed E-state index contributed by atoms with van der Waals surface area (Å²) in [6.45, 7) is 0.548. The third kappa shape index (κ3) is 2.17. The summed E-state index contributed by atoms with van der Waals surface area (Å²) >= 11 is 0. The molecule has 8 nitrogen and oxygen atoms in total. The molecule has 1 aromatic heterocycles. The molecule has 0 radical (unpaired) electrons. The van der Waals surface area contributed by atoms with E-state index in [1.54, 1.807) is 0 Å². The molecule has 0 atom stereocenters. The van der Waals surface area contributed by atoms with Crippen LogP contribution in [0.25, 0.3) is 0 Å². The van der Waals surface area contributed by atoms with Crippen molar-refractivity contribution in [1.82, 2.24) is 9.55 Å². The predicted octanol–water partition coefficient (Wildman–Crippen LogP) is -1.95. The molecule has 8 heteroatoms. The first-order chi connectivity index (χ1) is 7.11. The minimum Gasteiger partial charge on any atom is -0.383 e. The molecule has 0 bridgehead atoms. The molecule has 1 heterocycles. The molecule has 84 valence electrons. The van der Waals surface area contributed by atoms with Crippen molar-refractivity contribution in [3.05, 3.63) is 20.8 Å². The summed E-state index contributed by atoms with van der Waals surface area (Å²) in [6.07, 6.45) is 0. The highest BCUT2D eigenvalue weighted by atomic mass is 16.5. The molecule has 0 aliphatic heterocycles. The molecule has 1 aromatic rings. The third-order valence-corrected chi connectivity index (χ3v) is 1.90. The summed E-state index contributed by atoms with van der Waals surface area (Å²) in [7, 11) is 1.50. The lowest BCUT2D eigenvalue weighted by Crippen LogP contribution is -2.35. The molecule has 0 aliphatic carbocycles. The van der Waals surface area contributed by atoms with Crippen molar-refractivity contribution < 1.29 is 4.74 Å². The van der Waals surface area contributed by atoms with Gasteiger partial charge in [0.1, 0.15) is 5.82 Å². The Kier molecular flexibility index (Phi) is 3.47. The molecule has 0 saturated carbocycles. The van der Waals surface area contributed by atoms with E-state index in [9.17, 15) is 9.59 Å². The Morgan fingerprint density at radius 3 is 2.73 bits per heavy atom. The van der Waals surface area contributed by atoms with E-state index in [2.05, 4.69) is 10.4 Å². The molecule has 0 aromatic carbocycles. The van der Waals surface area contributed by atoms with Gasteiger partial charge in [-0.1, -0.05) is 0 Å². The number of rotatable bonds is 4. The zero-order valence-electron chi connectivity index (χ0n) is 8.24. The number of nitrogen functional groups attached to an aromatic ring is 2. The van der Waals surface area contributed by atoms with Crippen molar-refractivity contribution in [2.75, 3.05) is 24.9 Å². The van der Waals surface area contributed by atoms with E-state index >= 15 is 0 Å². The van der Waals surface area contributed by atoms with Gasteiger partial charge < -0.3 is 15.9 Å². The molecule has 0 amide bonds. The highest BCUT2D eigenvalue weighted by molar-refractivity contribution is 5.59. The molecule has 1 rings (SSSR count). The second-order valence-electron chi connectivity index (χ2n) is 2.81. The summed E-state index contributed by atoms with van der Waals surface area (Å²) in [5.41, 5.74) is 6.45. The summed E-state index contributed by atoms with van der Waals surface area (Å²) in [4.78, 5) is 24.6. The van der Waals surface area contributed by atoms with Crippen molar-refractivity contribution in [3.63, 3.8) is 0 Å². The number of nitrogens with two attached hydrogens (primary N) is 2. The number of H-pyrrole nitrogens is 1. The summed E-state index contributed by atoms with van der Waals surface area (Å²) in [5.74, 6) is 5.09. The molecule has 6 N–H and O–H groups in total. The lowest BCUT2D eigenvalue weighted by atomic mass is 10.4. The summed E-state index contributed by atoms with van der Waals surface area (Å²) in [5, 5.41) is 0. The number of hydrogen-bond donors (Lipinski definition) is 4. The van der Waals surface area contributed by atoms with Crippen molar-refractivity contribution in [1.29, 1.82) is 0 Å². The van der Waals surface area contributed by atoms with Gasteiger partial charge in [-0.05, 0) is 0 Å². The lowest BCUT2D eigenvalue weighted by Gasteiger charge is -2.11. The molecule has 0 spiro atoms. The number of anilines is 2. The average Bonchev–Trinajstić information content (AvgIpc) is 2.17.